The SMILES string of the molecule is O=C(Cc1ccccc1)NC(=S)Nc1ccc2oc(-c3ccccc3Cl)nc2c1. The van der Waals surface area contributed by atoms with Gasteiger partial charge in [-0.25, -0.2) is 4.98 Å². The van der Waals surface area contributed by atoms with Crippen LogP contribution < -0.4 is 10.6 Å². The smallest absolute Gasteiger partial charge is 0.230 e. The van der Waals surface area contributed by atoms with Gasteiger partial charge in [-0.1, -0.05) is 54.1 Å². The number of hydrogen-bond donors (Lipinski definition) is 2. The lowest BCUT2D eigenvalue weighted by Gasteiger charge is -2.09. The Kier molecular flexibility index (Phi) is 5.55. The number of aromatic nitrogens is 1. The first-order chi connectivity index (χ1) is 14.1. The van der Waals surface area contributed by atoms with E-state index in [1.807, 2.05) is 48.5 Å². The quantitative estimate of drug-likeness (QED) is 0.443. The van der Waals surface area contributed by atoms with Gasteiger partial charge in [-0.15, -0.1) is 0 Å². The molecule has 0 aliphatic carbocycles. The van der Waals surface area contributed by atoms with E-state index in [4.69, 9.17) is 28.2 Å². The van der Waals surface area contributed by atoms with Crippen LogP contribution in [0.2, 0.25) is 5.02 Å². The molecule has 0 aliphatic heterocycles. The molecule has 0 unspecified atom stereocenters. The molecule has 7 heteroatoms. The number of anilines is 1. The van der Waals surface area contributed by atoms with Crippen LogP contribution in [0.1, 0.15) is 5.56 Å². The minimum absolute atomic E-state index is 0.183. The Hall–Kier alpha value is -3.22. The molecular weight excluding hydrogens is 406 g/mol. The fraction of sp³-hybridized carbons (Fsp3) is 0.0455. The summed E-state index contributed by atoms with van der Waals surface area (Å²) in [6.45, 7) is 0. The number of oxazole rings is 1. The molecule has 0 fully saturated rings. The molecule has 0 aliphatic rings. The molecule has 1 aromatic heterocycles. The zero-order valence-electron chi connectivity index (χ0n) is 15.2. The van der Waals surface area contributed by atoms with Gasteiger partial charge in [0.05, 0.1) is 17.0 Å². The third-order valence-corrected chi connectivity index (χ3v) is 4.74. The maximum Gasteiger partial charge on any atom is 0.230 e. The predicted octanol–water partition coefficient (Wildman–Crippen LogP) is 5.20. The van der Waals surface area contributed by atoms with Gasteiger partial charge in [0.25, 0.3) is 0 Å². The van der Waals surface area contributed by atoms with Crippen LogP contribution in [0.5, 0.6) is 0 Å². The second kappa shape index (κ2) is 8.43. The van der Waals surface area contributed by atoms with Gasteiger partial charge in [-0.2, -0.15) is 0 Å². The summed E-state index contributed by atoms with van der Waals surface area (Å²) in [6.07, 6.45) is 0.256. The van der Waals surface area contributed by atoms with Crippen molar-refractivity contribution in [2.24, 2.45) is 0 Å². The van der Waals surface area contributed by atoms with E-state index in [-0.39, 0.29) is 17.4 Å². The fourth-order valence-corrected chi connectivity index (χ4v) is 3.32. The monoisotopic (exact) mass is 421 g/mol. The first kappa shape index (κ1) is 19.1. The minimum atomic E-state index is -0.183. The van der Waals surface area contributed by atoms with Crippen molar-refractivity contribution in [2.75, 3.05) is 5.32 Å². The number of nitrogens with zero attached hydrogens (tertiary/aromatic N) is 1. The standard InChI is InChI=1S/C22H16ClN3O2S/c23-17-9-5-4-8-16(17)21-25-18-13-15(10-11-19(18)28-21)24-22(29)26-20(27)12-14-6-2-1-3-7-14/h1-11,13H,12H2,(H2,24,26,27,29). The van der Waals surface area contributed by atoms with Gasteiger partial charge >= 0.3 is 0 Å². The summed E-state index contributed by atoms with van der Waals surface area (Å²) < 4.78 is 5.80. The van der Waals surface area contributed by atoms with E-state index in [2.05, 4.69) is 15.6 Å². The largest absolute Gasteiger partial charge is 0.436 e. The van der Waals surface area contributed by atoms with Gasteiger partial charge in [-0.05, 0) is 48.1 Å². The highest BCUT2D eigenvalue weighted by Gasteiger charge is 2.12. The summed E-state index contributed by atoms with van der Waals surface area (Å²) in [6, 6.07) is 22.2. The van der Waals surface area contributed by atoms with Crippen LogP contribution in [-0.4, -0.2) is 16.0 Å². The van der Waals surface area contributed by atoms with Gasteiger partial charge in [0, 0.05) is 5.69 Å². The average Bonchev–Trinajstić information content (AvgIpc) is 3.12. The Morgan fingerprint density at radius 2 is 1.79 bits per heavy atom. The Labute approximate surface area is 177 Å². The Morgan fingerprint density at radius 1 is 1.03 bits per heavy atom. The highest BCUT2D eigenvalue weighted by Crippen LogP contribution is 2.30. The van der Waals surface area contributed by atoms with Crippen LogP contribution in [0, 0.1) is 0 Å². The topological polar surface area (TPSA) is 67.2 Å². The summed E-state index contributed by atoms with van der Waals surface area (Å²) in [5.41, 5.74) is 3.63. The van der Waals surface area contributed by atoms with Crippen molar-refractivity contribution in [3.63, 3.8) is 0 Å². The first-order valence-corrected chi connectivity index (χ1v) is 9.67. The lowest BCUT2D eigenvalue weighted by molar-refractivity contribution is -0.119. The third kappa shape index (κ3) is 4.62. The summed E-state index contributed by atoms with van der Waals surface area (Å²) in [4.78, 5) is 16.6. The molecular formula is C22H16ClN3O2S. The van der Waals surface area contributed by atoms with Gasteiger partial charge in [0.2, 0.25) is 11.8 Å². The summed E-state index contributed by atoms with van der Waals surface area (Å²) in [7, 11) is 0. The summed E-state index contributed by atoms with van der Waals surface area (Å²) in [5.74, 6) is 0.263. The molecule has 5 nitrogen and oxygen atoms in total. The highest BCUT2D eigenvalue weighted by atomic mass is 35.5. The molecule has 4 rings (SSSR count). The van der Waals surface area contributed by atoms with Gasteiger partial charge in [0.1, 0.15) is 5.52 Å². The number of fused-ring (bicyclic) bond motifs is 1. The van der Waals surface area contributed by atoms with E-state index in [0.29, 0.717) is 27.7 Å². The van der Waals surface area contributed by atoms with E-state index in [1.165, 1.54) is 0 Å². The average molecular weight is 422 g/mol. The zero-order valence-corrected chi connectivity index (χ0v) is 16.8. The van der Waals surface area contributed by atoms with Crippen molar-refractivity contribution in [1.29, 1.82) is 0 Å². The van der Waals surface area contributed by atoms with E-state index >= 15 is 0 Å². The maximum absolute atomic E-state index is 12.1. The lowest BCUT2D eigenvalue weighted by Crippen LogP contribution is -2.35. The normalized spacial score (nSPS) is 10.7. The van der Waals surface area contributed by atoms with Crippen LogP contribution in [0.25, 0.3) is 22.6 Å². The van der Waals surface area contributed by atoms with Crippen LogP contribution in [0.4, 0.5) is 5.69 Å². The molecule has 2 N–H and O–H groups in total. The van der Waals surface area contributed by atoms with E-state index < -0.39 is 0 Å². The second-order valence-corrected chi connectivity index (χ2v) is 7.16. The Balaban J connectivity index is 1.45. The number of benzene rings is 3. The Bertz CT molecular complexity index is 1190. The van der Waals surface area contributed by atoms with Crippen LogP contribution in [0.3, 0.4) is 0 Å². The number of hydrogen-bond acceptors (Lipinski definition) is 4. The van der Waals surface area contributed by atoms with Crippen molar-refractivity contribution in [1.82, 2.24) is 10.3 Å². The van der Waals surface area contributed by atoms with Crippen molar-refractivity contribution in [3.05, 3.63) is 83.4 Å². The molecule has 0 bridgehead atoms. The van der Waals surface area contributed by atoms with Crippen molar-refractivity contribution in [3.8, 4) is 11.5 Å². The van der Waals surface area contributed by atoms with E-state index in [1.54, 1.807) is 24.3 Å². The van der Waals surface area contributed by atoms with Gasteiger partial charge in [-0.3, -0.25) is 4.79 Å². The fourth-order valence-electron chi connectivity index (χ4n) is 2.87. The second-order valence-electron chi connectivity index (χ2n) is 6.35. The van der Waals surface area contributed by atoms with Crippen LogP contribution in [-0.2, 0) is 11.2 Å². The predicted molar refractivity (Wildman–Crippen MR) is 119 cm³/mol. The number of carbonyl (C=O) groups is 1. The van der Waals surface area contributed by atoms with Crippen LogP contribution in [0.15, 0.2) is 77.2 Å². The Morgan fingerprint density at radius 3 is 2.59 bits per heavy atom. The number of rotatable bonds is 4. The van der Waals surface area contributed by atoms with E-state index in [0.717, 1.165) is 11.1 Å². The highest BCUT2D eigenvalue weighted by molar-refractivity contribution is 7.80. The van der Waals surface area contributed by atoms with Crippen molar-refractivity contribution in [2.45, 2.75) is 6.42 Å². The molecule has 0 radical (unpaired) electrons. The molecule has 0 spiro atoms. The zero-order chi connectivity index (χ0) is 20.2. The molecule has 0 saturated carbocycles. The summed E-state index contributed by atoms with van der Waals surface area (Å²) in [5, 5.41) is 6.48. The molecule has 29 heavy (non-hydrogen) atoms. The van der Waals surface area contributed by atoms with Crippen molar-refractivity contribution < 1.29 is 9.21 Å². The van der Waals surface area contributed by atoms with Crippen LogP contribution >= 0.6 is 23.8 Å². The molecule has 0 atom stereocenters. The number of thiocarbonyl (C=S) groups is 1. The van der Waals surface area contributed by atoms with E-state index in [9.17, 15) is 4.79 Å². The molecule has 1 heterocycles. The maximum atomic E-state index is 12.1. The summed E-state index contributed by atoms with van der Waals surface area (Å²) >= 11 is 11.5. The first-order valence-electron chi connectivity index (χ1n) is 8.89. The number of nitrogens with one attached hydrogen (secondary N) is 2. The molecule has 0 saturated heterocycles. The van der Waals surface area contributed by atoms with Crippen molar-refractivity contribution >= 4 is 51.6 Å². The third-order valence-electron chi connectivity index (χ3n) is 4.21. The number of amides is 1. The van der Waals surface area contributed by atoms with Gasteiger partial charge in [0.15, 0.2) is 10.7 Å². The molecule has 1 amide bonds. The number of carbonyl (C=O) groups excluding carboxylic acids is 1. The minimum Gasteiger partial charge on any atom is -0.436 e. The molecule has 3 aromatic carbocycles. The lowest BCUT2D eigenvalue weighted by atomic mass is 10.1. The molecule has 4 aromatic rings. The van der Waals surface area contributed by atoms with Gasteiger partial charge < -0.3 is 15.1 Å². The number of halogens is 1. The molecule has 144 valence electrons.